The largest absolute Gasteiger partial charge is 0.348 e. The highest BCUT2D eigenvalue weighted by Gasteiger charge is 2.64. The third kappa shape index (κ3) is 3.74. The van der Waals surface area contributed by atoms with E-state index < -0.39 is 5.72 Å². The number of unbranched alkanes of at least 4 members (excludes halogenated alkanes) is 6. The molecule has 0 aliphatic carbocycles. The Kier molecular flexibility index (Phi) is 5.19. The van der Waals surface area contributed by atoms with E-state index in [4.69, 9.17) is 4.74 Å². The summed E-state index contributed by atoms with van der Waals surface area (Å²) in [6.07, 6.45) is 9.40. The second kappa shape index (κ2) is 6.18. The van der Waals surface area contributed by atoms with E-state index in [0.717, 1.165) is 12.8 Å². The van der Waals surface area contributed by atoms with Crippen LogP contribution in [0.15, 0.2) is 0 Å². The van der Waals surface area contributed by atoms with Crippen molar-refractivity contribution in [3.05, 3.63) is 10.1 Å². The zero-order valence-corrected chi connectivity index (χ0v) is 10.4. The number of nitrogens with zero attached hydrogens (tertiary/aromatic N) is 1. The van der Waals surface area contributed by atoms with Crippen molar-refractivity contribution in [2.45, 2.75) is 77.0 Å². The van der Waals surface area contributed by atoms with Gasteiger partial charge in [0.1, 0.15) is 0 Å². The minimum Gasteiger partial charge on any atom is -0.299 e. The summed E-state index contributed by atoms with van der Waals surface area (Å²) in [7, 11) is 0. The first-order chi connectivity index (χ1) is 7.61. The summed E-state index contributed by atoms with van der Waals surface area (Å²) in [5.74, 6) is 0. The van der Waals surface area contributed by atoms with Crippen LogP contribution in [-0.4, -0.2) is 16.8 Å². The van der Waals surface area contributed by atoms with Crippen LogP contribution < -0.4 is 0 Å². The van der Waals surface area contributed by atoms with Gasteiger partial charge in [-0.1, -0.05) is 51.9 Å². The molecule has 94 valence electrons. The molecule has 2 atom stereocenters. The predicted molar refractivity (Wildman–Crippen MR) is 62.9 cm³/mol. The molecule has 1 fully saturated rings. The van der Waals surface area contributed by atoms with Gasteiger partial charge in [-0.25, -0.2) is 0 Å². The quantitative estimate of drug-likeness (QED) is 0.263. The van der Waals surface area contributed by atoms with Crippen molar-refractivity contribution in [2.24, 2.45) is 0 Å². The Bertz CT molecular complexity index is 232. The molecule has 1 saturated heterocycles. The molecule has 1 aliphatic heterocycles. The summed E-state index contributed by atoms with van der Waals surface area (Å²) in [5.41, 5.74) is -1.07. The van der Waals surface area contributed by atoms with Crippen molar-refractivity contribution in [3.8, 4) is 0 Å². The highest BCUT2D eigenvalue weighted by atomic mass is 16.7. The molecule has 0 saturated carbocycles. The lowest BCUT2D eigenvalue weighted by atomic mass is 10.1. The summed E-state index contributed by atoms with van der Waals surface area (Å²) in [6, 6.07) is 0. The maximum atomic E-state index is 10.6. The predicted octanol–water partition coefficient (Wildman–Crippen LogP) is 3.52. The first kappa shape index (κ1) is 13.4. The molecule has 1 heterocycles. The summed E-state index contributed by atoms with van der Waals surface area (Å²) in [6.45, 7) is 3.78. The van der Waals surface area contributed by atoms with Crippen LogP contribution in [0.2, 0.25) is 0 Å². The maximum absolute atomic E-state index is 10.6. The fraction of sp³-hybridized carbons (Fsp3) is 1.00. The van der Waals surface area contributed by atoms with Gasteiger partial charge in [0.15, 0.2) is 6.10 Å². The Hall–Kier alpha value is -0.640. The van der Waals surface area contributed by atoms with Crippen molar-refractivity contribution < 1.29 is 9.66 Å². The van der Waals surface area contributed by atoms with E-state index in [2.05, 4.69) is 6.92 Å². The van der Waals surface area contributed by atoms with E-state index in [1.807, 2.05) is 0 Å². The molecule has 0 N–H and O–H groups in total. The number of hydrogen-bond acceptors (Lipinski definition) is 3. The van der Waals surface area contributed by atoms with Crippen LogP contribution in [0.3, 0.4) is 0 Å². The van der Waals surface area contributed by atoms with Crippen molar-refractivity contribution in [1.82, 2.24) is 0 Å². The van der Waals surface area contributed by atoms with E-state index in [1.165, 1.54) is 38.5 Å². The minimum absolute atomic E-state index is 0.141. The first-order valence-corrected chi connectivity index (χ1v) is 6.43. The van der Waals surface area contributed by atoms with Gasteiger partial charge < -0.3 is 0 Å². The molecule has 0 aromatic carbocycles. The van der Waals surface area contributed by atoms with E-state index in [9.17, 15) is 10.1 Å². The maximum Gasteiger partial charge on any atom is 0.348 e. The molecule has 0 aromatic rings. The number of nitro groups is 1. The highest BCUT2D eigenvalue weighted by molar-refractivity contribution is 4.89. The number of hydrogen-bond donors (Lipinski definition) is 0. The Labute approximate surface area is 97.5 Å². The van der Waals surface area contributed by atoms with Crippen LogP contribution in [-0.2, 0) is 4.74 Å². The summed E-state index contributed by atoms with van der Waals surface area (Å²) >= 11 is 0. The van der Waals surface area contributed by atoms with Gasteiger partial charge in [0.2, 0.25) is 0 Å². The Balaban J connectivity index is 1.92. The molecule has 4 nitrogen and oxygen atoms in total. The van der Waals surface area contributed by atoms with Gasteiger partial charge >= 0.3 is 5.72 Å². The van der Waals surface area contributed by atoms with Gasteiger partial charge in [-0.05, 0) is 6.42 Å². The number of rotatable bonds is 9. The molecule has 1 aliphatic rings. The molecule has 0 bridgehead atoms. The van der Waals surface area contributed by atoms with Gasteiger partial charge in [0, 0.05) is 6.92 Å². The topological polar surface area (TPSA) is 55.7 Å². The van der Waals surface area contributed by atoms with E-state index in [-0.39, 0.29) is 11.0 Å². The molecular weight excluding hydrogens is 206 g/mol. The van der Waals surface area contributed by atoms with Crippen molar-refractivity contribution in [3.63, 3.8) is 0 Å². The van der Waals surface area contributed by atoms with Crippen molar-refractivity contribution >= 4 is 0 Å². The monoisotopic (exact) mass is 229 g/mol. The molecule has 16 heavy (non-hydrogen) atoms. The molecular formula is C12H23NO3. The Morgan fingerprint density at radius 2 is 1.75 bits per heavy atom. The first-order valence-electron chi connectivity index (χ1n) is 6.43. The lowest BCUT2D eigenvalue weighted by molar-refractivity contribution is -0.558. The molecule has 0 unspecified atom stereocenters. The van der Waals surface area contributed by atoms with Crippen LogP contribution in [0, 0.1) is 10.1 Å². The minimum atomic E-state index is -1.07. The molecule has 0 radical (unpaired) electrons. The van der Waals surface area contributed by atoms with Gasteiger partial charge in [0.25, 0.3) is 0 Å². The summed E-state index contributed by atoms with van der Waals surface area (Å²) < 4.78 is 5.11. The van der Waals surface area contributed by atoms with Gasteiger partial charge in [0.05, 0.1) is 4.92 Å². The molecule has 1 rings (SSSR count). The van der Waals surface area contributed by atoms with Crippen LogP contribution in [0.25, 0.3) is 0 Å². The average Bonchev–Trinajstić information content (AvgIpc) is 2.90. The zero-order valence-electron chi connectivity index (χ0n) is 10.4. The second-order valence-electron chi connectivity index (χ2n) is 4.83. The Morgan fingerprint density at radius 1 is 1.19 bits per heavy atom. The standard InChI is InChI=1S/C12H23NO3/c1-3-4-5-6-7-8-9-10-11-12(2,16-11)13(14)15/h11H,3-10H2,1-2H3/t11-,12-/m1/s1. The molecule has 0 amide bonds. The van der Waals surface area contributed by atoms with E-state index in [0.29, 0.717) is 0 Å². The van der Waals surface area contributed by atoms with Crippen molar-refractivity contribution in [1.29, 1.82) is 0 Å². The SMILES string of the molecule is CCCCCCCCC[C@H]1O[C@@]1(C)[N+](=O)[O-]. The molecule has 4 heteroatoms. The number of ether oxygens (including phenoxy) is 1. The van der Waals surface area contributed by atoms with Gasteiger partial charge in [-0.3, -0.25) is 14.9 Å². The average molecular weight is 229 g/mol. The van der Waals surface area contributed by atoms with Gasteiger partial charge in [-0.15, -0.1) is 0 Å². The second-order valence-corrected chi connectivity index (χ2v) is 4.83. The highest BCUT2D eigenvalue weighted by Crippen LogP contribution is 2.39. The normalized spacial score (nSPS) is 28.0. The molecule has 0 aromatic heterocycles. The summed E-state index contributed by atoms with van der Waals surface area (Å²) in [5, 5.41) is 10.6. The lowest BCUT2D eigenvalue weighted by Gasteiger charge is -2.00. The third-order valence-corrected chi connectivity index (χ3v) is 3.35. The number of epoxide rings is 1. The lowest BCUT2D eigenvalue weighted by Crippen LogP contribution is -2.21. The molecule has 0 spiro atoms. The third-order valence-electron chi connectivity index (χ3n) is 3.35. The fourth-order valence-corrected chi connectivity index (χ4v) is 2.03. The van der Waals surface area contributed by atoms with Crippen LogP contribution in [0.1, 0.15) is 65.2 Å². The zero-order chi connectivity index (χ0) is 12.0. The fourth-order valence-electron chi connectivity index (χ4n) is 2.03. The van der Waals surface area contributed by atoms with E-state index >= 15 is 0 Å². The van der Waals surface area contributed by atoms with Gasteiger partial charge in [-0.2, -0.15) is 0 Å². The Morgan fingerprint density at radius 3 is 2.25 bits per heavy atom. The summed E-state index contributed by atoms with van der Waals surface area (Å²) in [4.78, 5) is 10.3. The van der Waals surface area contributed by atoms with Crippen LogP contribution in [0.5, 0.6) is 0 Å². The van der Waals surface area contributed by atoms with Crippen molar-refractivity contribution in [2.75, 3.05) is 0 Å². The van der Waals surface area contributed by atoms with E-state index in [1.54, 1.807) is 6.92 Å². The van der Waals surface area contributed by atoms with Crippen LogP contribution >= 0.6 is 0 Å². The smallest absolute Gasteiger partial charge is 0.299 e. The van der Waals surface area contributed by atoms with Crippen LogP contribution in [0.4, 0.5) is 0 Å².